The Labute approximate surface area is 239 Å². The van der Waals surface area contributed by atoms with Crippen molar-refractivity contribution >= 4 is 45.0 Å². The number of aliphatic imine (C=N–C) groups is 1. The molecule has 0 bridgehead atoms. The summed E-state index contributed by atoms with van der Waals surface area (Å²) in [4.78, 5) is 36.2. The van der Waals surface area contributed by atoms with Crippen LogP contribution in [0.2, 0.25) is 0 Å². The lowest BCUT2D eigenvalue weighted by Crippen LogP contribution is -2.49. The summed E-state index contributed by atoms with van der Waals surface area (Å²) >= 11 is 4.88. The molecule has 39 heavy (non-hydrogen) atoms. The Bertz CT molecular complexity index is 1240. The number of hydrogen-bond donors (Lipinski definition) is 2. The van der Waals surface area contributed by atoms with Crippen molar-refractivity contribution in [2.45, 2.75) is 45.2 Å². The normalized spacial score (nSPS) is 20.8. The number of nitrogens with one attached hydrogen (secondary N) is 1. The van der Waals surface area contributed by atoms with Gasteiger partial charge < -0.3 is 19.9 Å². The third-order valence-corrected chi connectivity index (χ3v) is 8.29. The monoisotopic (exact) mass is 622 g/mol. The fourth-order valence-electron chi connectivity index (χ4n) is 4.72. The van der Waals surface area contributed by atoms with Crippen LogP contribution in [0.1, 0.15) is 49.7 Å². The molecular weight excluding hydrogens is 591 g/mol. The lowest BCUT2D eigenvalue weighted by Gasteiger charge is -2.38. The maximum absolute atomic E-state index is 14.0. The van der Waals surface area contributed by atoms with Gasteiger partial charge in [-0.05, 0) is 37.5 Å². The molecule has 1 aromatic carbocycles. The standard InChI is InChI=1S/C27H32BrFN4O5S/c1-3-38-27(36)22-21(14-33-10-11-37-15-18(33)6-4-5-16(2)26(34)35)31-24(25-30-9-12-39-25)32-23(22)19-8-7-17(29)13-20(19)28/h7-9,12-13,16,18,23H,3-6,10-11,14-15H2,1-2H3,(H,31,32)(H,34,35)/t16?,18-,23+/m1/s1. The number of carboxylic acid groups (broad SMARTS) is 1. The Morgan fingerprint density at radius 3 is 2.92 bits per heavy atom. The molecule has 0 spiro atoms. The van der Waals surface area contributed by atoms with E-state index in [1.807, 2.05) is 5.38 Å². The third kappa shape index (κ3) is 7.30. The Balaban J connectivity index is 1.69. The molecule has 2 aliphatic rings. The smallest absolute Gasteiger partial charge is 0.338 e. The number of morpholine rings is 1. The van der Waals surface area contributed by atoms with E-state index in [2.05, 4.69) is 31.1 Å². The van der Waals surface area contributed by atoms with Gasteiger partial charge in [0.25, 0.3) is 0 Å². The number of amidine groups is 1. The van der Waals surface area contributed by atoms with Crippen molar-refractivity contribution in [3.8, 4) is 0 Å². The molecule has 3 heterocycles. The van der Waals surface area contributed by atoms with E-state index in [1.54, 1.807) is 26.1 Å². The number of aliphatic carboxylic acids is 1. The molecule has 3 atom stereocenters. The van der Waals surface area contributed by atoms with Gasteiger partial charge in [-0.1, -0.05) is 35.3 Å². The lowest BCUT2D eigenvalue weighted by atomic mass is 9.94. The number of esters is 1. The molecule has 0 aliphatic carbocycles. The number of rotatable bonds is 11. The van der Waals surface area contributed by atoms with Crippen LogP contribution in [-0.4, -0.2) is 71.7 Å². The molecule has 9 nitrogen and oxygen atoms in total. The van der Waals surface area contributed by atoms with Crippen LogP contribution in [0.25, 0.3) is 0 Å². The molecule has 1 unspecified atom stereocenters. The fraction of sp³-hybridized carbons (Fsp3) is 0.481. The zero-order valence-electron chi connectivity index (χ0n) is 21.9. The summed E-state index contributed by atoms with van der Waals surface area (Å²) in [6.45, 7) is 5.77. The van der Waals surface area contributed by atoms with E-state index in [4.69, 9.17) is 14.5 Å². The van der Waals surface area contributed by atoms with Crippen molar-refractivity contribution in [1.29, 1.82) is 0 Å². The first-order valence-electron chi connectivity index (χ1n) is 12.9. The third-order valence-electron chi connectivity index (χ3n) is 6.82. The van der Waals surface area contributed by atoms with E-state index < -0.39 is 29.7 Å². The maximum atomic E-state index is 14.0. The molecular formula is C27H32BrFN4O5S. The molecule has 0 radical (unpaired) electrons. The minimum atomic E-state index is -0.797. The summed E-state index contributed by atoms with van der Waals surface area (Å²) in [6.07, 6.45) is 3.77. The lowest BCUT2D eigenvalue weighted by molar-refractivity contribution is -0.141. The number of thiazole rings is 1. The van der Waals surface area contributed by atoms with Gasteiger partial charge in [-0.2, -0.15) is 0 Å². The first-order chi connectivity index (χ1) is 18.8. The fourth-order valence-corrected chi connectivity index (χ4v) is 5.87. The first kappa shape index (κ1) is 29.3. The van der Waals surface area contributed by atoms with Crippen LogP contribution < -0.4 is 5.32 Å². The molecule has 2 N–H and O–H groups in total. The van der Waals surface area contributed by atoms with Crippen LogP contribution >= 0.6 is 27.3 Å². The highest BCUT2D eigenvalue weighted by atomic mass is 79.9. The minimum Gasteiger partial charge on any atom is -0.481 e. The Morgan fingerprint density at radius 1 is 1.41 bits per heavy atom. The summed E-state index contributed by atoms with van der Waals surface area (Å²) in [5.41, 5.74) is 1.63. The highest BCUT2D eigenvalue weighted by Crippen LogP contribution is 2.37. The van der Waals surface area contributed by atoms with Gasteiger partial charge in [0, 0.05) is 40.9 Å². The first-order valence-corrected chi connectivity index (χ1v) is 14.6. The van der Waals surface area contributed by atoms with Crippen molar-refractivity contribution in [2.24, 2.45) is 10.9 Å². The predicted molar refractivity (Wildman–Crippen MR) is 149 cm³/mol. The number of carboxylic acids is 1. The van der Waals surface area contributed by atoms with Gasteiger partial charge in [0.1, 0.15) is 11.9 Å². The summed E-state index contributed by atoms with van der Waals surface area (Å²) in [6, 6.07) is 3.63. The second-order valence-corrected chi connectivity index (χ2v) is 11.2. The average molecular weight is 624 g/mol. The number of halogens is 2. The molecule has 1 aromatic heterocycles. The van der Waals surface area contributed by atoms with E-state index in [0.29, 0.717) is 64.9 Å². The van der Waals surface area contributed by atoms with Gasteiger partial charge in [0.05, 0.1) is 31.3 Å². The number of benzene rings is 1. The topological polar surface area (TPSA) is 113 Å². The SMILES string of the molecule is CCOC(=O)C1=C(CN2CCOC[C@H]2CCCC(C)C(=O)O)NC(c2nccs2)=N[C@H]1c1ccc(F)cc1Br. The highest BCUT2D eigenvalue weighted by Gasteiger charge is 2.36. The molecule has 2 aliphatic heterocycles. The Morgan fingerprint density at radius 2 is 2.23 bits per heavy atom. The second kappa shape index (κ2) is 13.6. The molecule has 0 saturated carbocycles. The molecule has 210 valence electrons. The summed E-state index contributed by atoms with van der Waals surface area (Å²) in [5, 5.41) is 15.1. The zero-order chi connectivity index (χ0) is 27.9. The average Bonchev–Trinajstić information content (AvgIpc) is 3.44. The van der Waals surface area contributed by atoms with Gasteiger partial charge >= 0.3 is 11.9 Å². The summed E-state index contributed by atoms with van der Waals surface area (Å²) in [7, 11) is 0. The zero-order valence-corrected chi connectivity index (χ0v) is 24.3. The molecule has 0 amide bonds. The van der Waals surface area contributed by atoms with Crippen molar-refractivity contribution in [1.82, 2.24) is 15.2 Å². The van der Waals surface area contributed by atoms with Crippen LogP contribution in [0, 0.1) is 11.7 Å². The number of hydrogen-bond acceptors (Lipinski definition) is 9. The molecule has 4 rings (SSSR count). The van der Waals surface area contributed by atoms with Crippen molar-refractivity contribution < 1.29 is 28.6 Å². The van der Waals surface area contributed by atoms with E-state index in [9.17, 15) is 19.1 Å². The summed E-state index contributed by atoms with van der Waals surface area (Å²) in [5.74, 6) is -1.58. The number of ether oxygens (including phenoxy) is 2. The van der Waals surface area contributed by atoms with E-state index in [0.717, 1.165) is 12.8 Å². The number of nitrogens with zero attached hydrogens (tertiary/aromatic N) is 3. The van der Waals surface area contributed by atoms with E-state index in [1.165, 1.54) is 23.5 Å². The van der Waals surface area contributed by atoms with Gasteiger partial charge in [-0.3, -0.25) is 14.7 Å². The molecule has 1 fully saturated rings. The highest BCUT2D eigenvalue weighted by molar-refractivity contribution is 9.10. The van der Waals surface area contributed by atoms with Gasteiger partial charge in [0.2, 0.25) is 0 Å². The predicted octanol–water partition coefficient (Wildman–Crippen LogP) is 4.54. The summed E-state index contributed by atoms with van der Waals surface area (Å²) < 4.78 is 25.7. The quantitative estimate of drug-likeness (QED) is 0.351. The minimum absolute atomic E-state index is 0.0516. The number of aromatic nitrogens is 1. The van der Waals surface area contributed by atoms with E-state index >= 15 is 0 Å². The number of carbonyl (C=O) groups excluding carboxylic acids is 1. The molecule has 2 aromatic rings. The van der Waals surface area contributed by atoms with Crippen LogP contribution in [-0.2, 0) is 19.1 Å². The van der Waals surface area contributed by atoms with Gasteiger partial charge in [-0.15, -0.1) is 11.3 Å². The van der Waals surface area contributed by atoms with Crippen molar-refractivity contribution in [3.05, 3.63) is 61.9 Å². The second-order valence-electron chi connectivity index (χ2n) is 9.49. The largest absolute Gasteiger partial charge is 0.481 e. The van der Waals surface area contributed by atoms with E-state index in [-0.39, 0.29) is 12.6 Å². The van der Waals surface area contributed by atoms with Gasteiger partial charge in [0.15, 0.2) is 10.8 Å². The van der Waals surface area contributed by atoms with Crippen molar-refractivity contribution in [3.63, 3.8) is 0 Å². The van der Waals surface area contributed by atoms with Crippen LogP contribution in [0.15, 0.2) is 50.5 Å². The van der Waals surface area contributed by atoms with Crippen molar-refractivity contribution in [2.75, 3.05) is 32.9 Å². The molecule has 12 heteroatoms. The van der Waals surface area contributed by atoms with Crippen LogP contribution in [0.5, 0.6) is 0 Å². The Kier molecular flexibility index (Phi) is 10.2. The maximum Gasteiger partial charge on any atom is 0.338 e. The van der Waals surface area contributed by atoms with Crippen LogP contribution in [0.3, 0.4) is 0 Å². The van der Waals surface area contributed by atoms with Crippen LogP contribution in [0.4, 0.5) is 4.39 Å². The molecule has 1 saturated heterocycles. The number of carbonyl (C=O) groups is 2. The Hall–Kier alpha value is -2.67. The van der Waals surface area contributed by atoms with Gasteiger partial charge in [-0.25, -0.2) is 14.2 Å².